The van der Waals surface area contributed by atoms with Crippen LogP contribution in [0.1, 0.15) is 39.5 Å². The van der Waals surface area contributed by atoms with Gasteiger partial charge in [-0.2, -0.15) is 0 Å². The molecule has 0 radical (unpaired) electrons. The minimum Gasteiger partial charge on any atom is -0.381 e. The number of hydrogen-bond acceptors (Lipinski definition) is 3. The maximum absolute atomic E-state index is 11.6. The molecular formula is C11H20N2O3. The molecule has 1 aliphatic carbocycles. The number of amides is 2. The van der Waals surface area contributed by atoms with Crippen molar-refractivity contribution in [3.05, 3.63) is 0 Å². The van der Waals surface area contributed by atoms with Gasteiger partial charge >= 0.3 is 0 Å². The fraction of sp³-hybridized carbons (Fsp3) is 0.818. The van der Waals surface area contributed by atoms with Crippen molar-refractivity contribution in [1.82, 2.24) is 10.6 Å². The number of hydrogen-bond donors (Lipinski definition) is 3. The molecule has 0 spiro atoms. The highest BCUT2D eigenvalue weighted by Gasteiger charge is 2.30. The van der Waals surface area contributed by atoms with Gasteiger partial charge in [-0.3, -0.25) is 9.59 Å². The van der Waals surface area contributed by atoms with Gasteiger partial charge in [0.1, 0.15) is 0 Å². The van der Waals surface area contributed by atoms with E-state index in [1.165, 1.54) is 6.92 Å². The van der Waals surface area contributed by atoms with E-state index >= 15 is 0 Å². The van der Waals surface area contributed by atoms with Crippen molar-refractivity contribution in [2.45, 2.75) is 57.7 Å². The van der Waals surface area contributed by atoms with Crippen molar-refractivity contribution in [3.63, 3.8) is 0 Å². The molecule has 5 nitrogen and oxygen atoms in total. The van der Waals surface area contributed by atoms with E-state index in [4.69, 9.17) is 0 Å². The molecule has 0 aromatic heterocycles. The molecule has 3 N–H and O–H groups in total. The highest BCUT2D eigenvalue weighted by atomic mass is 16.3. The van der Waals surface area contributed by atoms with Crippen LogP contribution in [-0.4, -0.2) is 35.1 Å². The van der Waals surface area contributed by atoms with Gasteiger partial charge in [-0.05, 0) is 19.3 Å². The maximum Gasteiger partial charge on any atom is 0.251 e. The molecule has 0 aromatic rings. The topological polar surface area (TPSA) is 78.4 Å². The number of carbonyl (C=O) groups is 2. The maximum atomic E-state index is 11.6. The molecule has 2 atom stereocenters. The first-order valence-corrected chi connectivity index (χ1v) is 5.80. The van der Waals surface area contributed by atoms with E-state index < -0.39 is 12.1 Å². The van der Waals surface area contributed by atoms with E-state index in [0.29, 0.717) is 6.42 Å². The van der Waals surface area contributed by atoms with Crippen LogP contribution in [0.15, 0.2) is 0 Å². The lowest BCUT2D eigenvalue weighted by molar-refractivity contribution is -0.132. The third-order valence-electron chi connectivity index (χ3n) is 2.56. The number of aliphatic hydroxyl groups excluding tert-OH is 1. The predicted octanol–water partition coefficient (Wildman–Crippen LogP) is -0.0693. The third-order valence-corrected chi connectivity index (χ3v) is 2.56. The summed E-state index contributed by atoms with van der Waals surface area (Å²) in [6.45, 7) is 3.33. The van der Waals surface area contributed by atoms with Crippen LogP contribution >= 0.6 is 0 Å². The van der Waals surface area contributed by atoms with E-state index in [0.717, 1.165) is 19.3 Å². The first-order valence-electron chi connectivity index (χ1n) is 5.80. The second-order valence-electron chi connectivity index (χ2n) is 4.32. The van der Waals surface area contributed by atoms with Crippen molar-refractivity contribution in [2.24, 2.45) is 0 Å². The van der Waals surface area contributed by atoms with E-state index in [2.05, 4.69) is 10.6 Å². The van der Waals surface area contributed by atoms with Gasteiger partial charge in [-0.25, -0.2) is 0 Å². The summed E-state index contributed by atoms with van der Waals surface area (Å²) in [4.78, 5) is 22.5. The van der Waals surface area contributed by atoms with Gasteiger partial charge in [-0.15, -0.1) is 0 Å². The second-order valence-corrected chi connectivity index (χ2v) is 4.32. The normalized spacial score (nSPS) is 18.7. The Hall–Kier alpha value is -1.10. The molecule has 1 fully saturated rings. The highest BCUT2D eigenvalue weighted by molar-refractivity contribution is 5.83. The largest absolute Gasteiger partial charge is 0.381 e. The zero-order valence-corrected chi connectivity index (χ0v) is 9.82. The summed E-state index contributed by atoms with van der Waals surface area (Å²) in [5.74, 6) is -0.605. The Morgan fingerprint density at radius 2 is 2.06 bits per heavy atom. The van der Waals surface area contributed by atoms with Crippen molar-refractivity contribution < 1.29 is 14.7 Å². The average Bonchev–Trinajstić information content (AvgIpc) is 2.99. The van der Waals surface area contributed by atoms with Crippen LogP contribution in [0.5, 0.6) is 0 Å². The zero-order valence-electron chi connectivity index (χ0n) is 9.82. The second kappa shape index (κ2) is 5.84. The predicted molar refractivity (Wildman–Crippen MR) is 59.7 cm³/mol. The van der Waals surface area contributed by atoms with Crippen LogP contribution in [0.25, 0.3) is 0 Å². The van der Waals surface area contributed by atoms with Crippen LogP contribution < -0.4 is 10.6 Å². The first-order chi connectivity index (χ1) is 7.54. The molecule has 16 heavy (non-hydrogen) atoms. The molecule has 1 rings (SSSR count). The molecule has 0 bridgehead atoms. The van der Waals surface area contributed by atoms with Crippen LogP contribution in [0, 0.1) is 0 Å². The molecule has 0 aromatic carbocycles. The van der Waals surface area contributed by atoms with E-state index in [1.54, 1.807) is 0 Å². The zero-order chi connectivity index (χ0) is 12.1. The monoisotopic (exact) mass is 228 g/mol. The van der Waals surface area contributed by atoms with Crippen LogP contribution in [0.3, 0.4) is 0 Å². The number of carbonyl (C=O) groups excluding carboxylic acids is 2. The number of rotatable bonds is 6. The molecule has 5 heteroatoms. The lowest BCUT2D eigenvalue weighted by Crippen LogP contribution is -2.50. The standard InChI is InChI=1S/C11H20N2O3/c1-3-4-9(12-7(2)14)10(15)11(16)13-8-5-6-8/h8-10,15H,3-6H2,1-2H3,(H,12,14)(H,13,16). The smallest absolute Gasteiger partial charge is 0.251 e. The van der Waals surface area contributed by atoms with Gasteiger partial charge < -0.3 is 15.7 Å². The Kier molecular flexibility index (Phi) is 4.73. The summed E-state index contributed by atoms with van der Waals surface area (Å²) in [7, 11) is 0. The summed E-state index contributed by atoms with van der Waals surface area (Å²) >= 11 is 0. The first kappa shape index (κ1) is 13.0. The molecule has 1 aliphatic rings. The Morgan fingerprint density at radius 3 is 2.50 bits per heavy atom. The van der Waals surface area contributed by atoms with Crippen molar-refractivity contribution >= 4 is 11.8 Å². The Bertz CT molecular complexity index is 264. The van der Waals surface area contributed by atoms with E-state index in [1.807, 2.05) is 6.92 Å². The van der Waals surface area contributed by atoms with Gasteiger partial charge in [0.2, 0.25) is 5.91 Å². The Morgan fingerprint density at radius 1 is 1.44 bits per heavy atom. The molecule has 1 saturated carbocycles. The Balaban J connectivity index is 2.46. The molecule has 0 saturated heterocycles. The van der Waals surface area contributed by atoms with Gasteiger partial charge in [0.05, 0.1) is 6.04 Å². The molecule has 92 valence electrons. The Labute approximate surface area is 95.6 Å². The fourth-order valence-electron chi connectivity index (χ4n) is 1.58. The summed E-state index contributed by atoms with van der Waals surface area (Å²) in [6, 6.07) is -0.261. The quantitative estimate of drug-likeness (QED) is 0.595. The van der Waals surface area contributed by atoms with Crippen LogP contribution in [-0.2, 0) is 9.59 Å². The minimum absolute atomic E-state index is 0.224. The van der Waals surface area contributed by atoms with Crippen molar-refractivity contribution in [3.8, 4) is 0 Å². The van der Waals surface area contributed by atoms with Gasteiger partial charge in [0, 0.05) is 13.0 Å². The lowest BCUT2D eigenvalue weighted by Gasteiger charge is -2.22. The number of nitrogens with one attached hydrogen (secondary N) is 2. The summed E-state index contributed by atoms with van der Waals surface area (Å²) in [6.07, 6.45) is 2.22. The van der Waals surface area contributed by atoms with Gasteiger partial charge in [-0.1, -0.05) is 13.3 Å². The SMILES string of the molecule is CCCC(NC(C)=O)C(O)C(=O)NC1CC1. The molecular weight excluding hydrogens is 208 g/mol. The molecule has 0 heterocycles. The van der Waals surface area contributed by atoms with Gasteiger partial charge in [0.25, 0.3) is 5.91 Å². The third kappa shape index (κ3) is 4.18. The molecule has 2 amide bonds. The minimum atomic E-state index is -1.15. The number of aliphatic hydroxyl groups is 1. The molecule has 0 aliphatic heterocycles. The van der Waals surface area contributed by atoms with Gasteiger partial charge in [0.15, 0.2) is 6.10 Å². The fourth-order valence-corrected chi connectivity index (χ4v) is 1.58. The molecule has 2 unspecified atom stereocenters. The summed E-state index contributed by atoms with van der Waals surface area (Å²) < 4.78 is 0. The lowest BCUT2D eigenvalue weighted by atomic mass is 10.1. The average molecular weight is 228 g/mol. The van der Waals surface area contributed by atoms with Crippen molar-refractivity contribution in [2.75, 3.05) is 0 Å². The van der Waals surface area contributed by atoms with Crippen molar-refractivity contribution in [1.29, 1.82) is 0 Å². The van der Waals surface area contributed by atoms with Crippen LogP contribution in [0.4, 0.5) is 0 Å². The highest BCUT2D eigenvalue weighted by Crippen LogP contribution is 2.19. The van der Waals surface area contributed by atoms with Crippen LogP contribution in [0.2, 0.25) is 0 Å². The van der Waals surface area contributed by atoms with E-state index in [9.17, 15) is 14.7 Å². The summed E-state index contributed by atoms with van der Waals surface area (Å²) in [5.41, 5.74) is 0. The summed E-state index contributed by atoms with van der Waals surface area (Å²) in [5, 5.41) is 15.1. The van der Waals surface area contributed by atoms with E-state index in [-0.39, 0.29) is 17.9 Å².